The van der Waals surface area contributed by atoms with E-state index in [0.717, 1.165) is 24.3 Å². The Balaban J connectivity index is 1.95. The Hall–Kier alpha value is -0.930. The molecule has 0 bridgehead atoms. The standard InChI is InChI=1S/C17H23NOS/c1-3-10-18-16(17(2)9-6-11-20-17)15-12-13-7-4-5-8-14(13)19-15/h4-5,7-8,12,16,18H,3,6,9-11H2,1-2H3. The van der Waals surface area contributed by atoms with E-state index in [4.69, 9.17) is 4.42 Å². The van der Waals surface area contributed by atoms with Gasteiger partial charge in [0.2, 0.25) is 0 Å². The van der Waals surface area contributed by atoms with Crippen molar-refractivity contribution >= 4 is 22.7 Å². The summed E-state index contributed by atoms with van der Waals surface area (Å²) in [5, 5.41) is 4.92. The molecular weight excluding hydrogens is 266 g/mol. The Labute approximate surface area is 125 Å². The summed E-state index contributed by atoms with van der Waals surface area (Å²) in [4.78, 5) is 0. The first kappa shape index (κ1) is 14.0. The quantitative estimate of drug-likeness (QED) is 0.859. The smallest absolute Gasteiger partial charge is 0.134 e. The van der Waals surface area contributed by atoms with E-state index in [0.29, 0.717) is 6.04 Å². The Morgan fingerprint density at radius 1 is 1.40 bits per heavy atom. The van der Waals surface area contributed by atoms with Crippen molar-refractivity contribution in [1.29, 1.82) is 0 Å². The van der Waals surface area contributed by atoms with E-state index in [-0.39, 0.29) is 4.75 Å². The molecule has 2 atom stereocenters. The molecule has 2 unspecified atom stereocenters. The molecule has 1 aromatic heterocycles. The van der Waals surface area contributed by atoms with Gasteiger partial charge in [0.1, 0.15) is 11.3 Å². The van der Waals surface area contributed by atoms with Gasteiger partial charge in [0.15, 0.2) is 0 Å². The zero-order valence-electron chi connectivity index (χ0n) is 12.3. The van der Waals surface area contributed by atoms with Gasteiger partial charge >= 0.3 is 0 Å². The number of rotatable bonds is 5. The molecule has 0 spiro atoms. The highest BCUT2D eigenvalue weighted by molar-refractivity contribution is 8.00. The minimum Gasteiger partial charge on any atom is -0.459 e. The number of hydrogen-bond acceptors (Lipinski definition) is 3. The van der Waals surface area contributed by atoms with E-state index in [1.165, 1.54) is 24.0 Å². The largest absolute Gasteiger partial charge is 0.459 e. The Morgan fingerprint density at radius 2 is 2.25 bits per heavy atom. The average molecular weight is 289 g/mol. The van der Waals surface area contributed by atoms with Gasteiger partial charge in [-0.25, -0.2) is 0 Å². The molecule has 1 saturated heterocycles. The Kier molecular flexibility index (Phi) is 4.08. The van der Waals surface area contributed by atoms with Gasteiger partial charge in [0.05, 0.1) is 6.04 Å². The van der Waals surface area contributed by atoms with Crippen molar-refractivity contribution in [3.8, 4) is 0 Å². The summed E-state index contributed by atoms with van der Waals surface area (Å²) in [6.45, 7) is 5.63. The molecule has 1 aromatic carbocycles. The summed E-state index contributed by atoms with van der Waals surface area (Å²) >= 11 is 2.09. The lowest BCUT2D eigenvalue weighted by Crippen LogP contribution is -2.37. The van der Waals surface area contributed by atoms with Crippen LogP contribution in [-0.2, 0) is 0 Å². The predicted molar refractivity (Wildman–Crippen MR) is 87.3 cm³/mol. The molecule has 3 heteroatoms. The maximum absolute atomic E-state index is 6.13. The van der Waals surface area contributed by atoms with Crippen LogP contribution in [-0.4, -0.2) is 17.0 Å². The highest BCUT2D eigenvalue weighted by atomic mass is 32.2. The van der Waals surface area contributed by atoms with Gasteiger partial charge in [-0.3, -0.25) is 0 Å². The van der Waals surface area contributed by atoms with Crippen molar-refractivity contribution in [3.05, 3.63) is 36.1 Å². The van der Waals surface area contributed by atoms with Gasteiger partial charge in [-0.05, 0) is 50.6 Å². The molecule has 0 amide bonds. The van der Waals surface area contributed by atoms with Crippen LogP contribution in [0.1, 0.15) is 44.9 Å². The van der Waals surface area contributed by atoms with E-state index in [9.17, 15) is 0 Å². The first-order chi connectivity index (χ1) is 9.73. The molecule has 1 N–H and O–H groups in total. The maximum Gasteiger partial charge on any atom is 0.134 e. The lowest BCUT2D eigenvalue weighted by molar-refractivity contribution is 0.355. The van der Waals surface area contributed by atoms with E-state index < -0.39 is 0 Å². The molecular formula is C17H23NOS. The minimum atomic E-state index is 0.253. The zero-order chi connectivity index (χ0) is 14.0. The number of hydrogen-bond donors (Lipinski definition) is 1. The molecule has 2 heterocycles. The Morgan fingerprint density at radius 3 is 2.95 bits per heavy atom. The maximum atomic E-state index is 6.13. The van der Waals surface area contributed by atoms with Crippen molar-refractivity contribution in [1.82, 2.24) is 5.32 Å². The average Bonchev–Trinajstić information content (AvgIpc) is 3.06. The summed E-state index contributed by atoms with van der Waals surface area (Å²) in [6.07, 6.45) is 3.72. The number of benzene rings is 1. The fourth-order valence-electron chi connectivity index (χ4n) is 3.08. The van der Waals surface area contributed by atoms with Crippen LogP contribution in [0.4, 0.5) is 0 Å². The second-order valence-corrected chi connectivity index (χ2v) is 7.47. The molecule has 0 aliphatic carbocycles. The zero-order valence-corrected chi connectivity index (χ0v) is 13.1. The highest BCUT2D eigenvalue weighted by Gasteiger charge is 2.40. The number of fused-ring (bicyclic) bond motifs is 1. The fourth-order valence-corrected chi connectivity index (χ4v) is 4.49. The normalized spacial score (nSPS) is 24.3. The van der Waals surface area contributed by atoms with E-state index in [2.05, 4.69) is 55.2 Å². The van der Waals surface area contributed by atoms with Gasteiger partial charge in [0.25, 0.3) is 0 Å². The van der Waals surface area contributed by atoms with E-state index in [1.807, 2.05) is 6.07 Å². The SMILES string of the molecule is CCCNC(c1cc2ccccc2o1)C1(C)CCCS1. The van der Waals surface area contributed by atoms with Crippen LogP contribution in [0.25, 0.3) is 11.0 Å². The topological polar surface area (TPSA) is 25.2 Å². The molecule has 20 heavy (non-hydrogen) atoms. The summed E-state index contributed by atoms with van der Waals surface area (Å²) in [6, 6.07) is 10.8. The van der Waals surface area contributed by atoms with Crippen LogP contribution in [0.15, 0.2) is 34.7 Å². The van der Waals surface area contributed by atoms with Crippen LogP contribution in [0, 0.1) is 0 Å². The van der Waals surface area contributed by atoms with Gasteiger partial charge in [-0.1, -0.05) is 25.1 Å². The van der Waals surface area contributed by atoms with Gasteiger partial charge in [0, 0.05) is 10.1 Å². The summed E-state index contributed by atoms with van der Waals surface area (Å²) < 4.78 is 6.38. The number of para-hydroxylation sites is 1. The first-order valence-electron chi connectivity index (χ1n) is 7.59. The molecule has 0 radical (unpaired) electrons. The van der Waals surface area contributed by atoms with Crippen LogP contribution >= 0.6 is 11.8 Å². The molecule has 3 rings (SSSR count). The van der Waals surface area contributed by atoms with Gasteiger partial charge < -0.3 is 9.73 Å². The molecule has 1 aliphatic rings. The molecule has 108 valence electrons. The molecule has 2 aromatic rings. The molecule has 2 nitrogen and oxygen atoms in total. The molecule has 1 fully saturated rings. The van der Waals surface area contributed by atoms with Gasteiger partial charge in [-0.2, -0.15) is 11.8 Å². The predicted octanol–water partition coefficient (Wildman–Crippen LogP) is 4.76. The van der Waals surface area contributed by atoms with Crippen LogP contribution in [0.5, 0.6) is 0 Å². The summed E-state index contributed by atoms with van der Waals surface area (Å²) in [5.41, 5.74) is 0.998. The Bertz CT molecular complexity index is 538. The van der Waals surface area contributed by atoms with Crippen molar-refractivity contribution in [2.75, 3.05) is 12.3 Å². The lowest BCUT2D eigenvalue weighted by Gasteiger charge is -2.32. The number of furan rings is 1. The van der Waals surface area contributed by atoms with Crippen molar-refractivity contribution in [2.45, 2.75) is 43.9 Å². The highest BCUT2D eigenvalue weighted by Crippen LogP contribution is 2.47. The number of nitrogens with one attached hydrogen (secondary N) is 1. The van der Waals surface area contributed by atoms with Crippen molar-refractivity contribution in [3.63, 3.8) is 0 Å². The summed E-state index contributed by atoms with van der Waals surface area (Å²) in [7, 11) is 0. The molecule has 1 aliphatic heterocycles. The van der Waals surface area contributed by atoms with Gasteiger partial charge in [-0.15, -0.1) is 0 Å². The van der Waals surface area contributed by atoms with Crippen LogP contribution in [0.2, 0.25) is 0 Å². The fraction of sp³-hybridized carbons (Fsp3) is 0.529. The third-order valence-corrected chi connectivity index (χ3v) is 5.78. The third-order valence-electron chi connectivity index (χ3n) is 4.19. The third kappa shape index (κ3) is 2.61. The second kappa shape index (κ2) is 5.82. The number of thioether (sulfide) groups is 1. The lowest BCUT2D eigenvalue weighted by atomic mass is 9.94. The minimum absolute atomic E-state index is 0.253. The van der Waals surface area contributed by atoms with E-state index in [1.54, 1.807) is 0 Å². The first-order valence-corrected chi connectivity index (χ1v) is 8.57. The van der Waals surface area contributed by atoms with Crippen molar-refractivity contribution < 1.29 is 4.42 Å². The van der Waals surface area contributed by atoms with Crippen LogP contribution < -0.4 is 5.32 Å². The van der Waals surface area contributed by atoms with E-state index >= 15 is 0 Å². The van der Waals surface area contributed by atoms with Crippen molar-refractivity contribution in [2.24, 2.45) is 0 Å². The van der Waals surface area contributed by atoms with Crippen LogP contribution in [0.3, 0.4) is 0 Å². The second-order valence-electron chi connectivity index (χ2n) is 5.84. The monoisotopic (exact) mass is 289 g/mol. The summed E-state index contributed by atoms with van der Waals surface area (Å²) in [5.74, 6) is 2.36. The molecule has 0 saturated carbocycles.